The topological polar surface area (TPSA) is 72.7 Å². The van der Waals surface area contributed by atoms with Crippen LogP contribution in [0.25, 0.3) is 11.4 Å². The maximum atomic E-state index is 12.4. The summed E-state index contributed by atoms with van der Waals surface area (Å²) in [5.74, 6) is 0.551. The lowest BCUT2D eigenvalue weighted by molar-refractivity contribution is -0.117. The molecule has 1 amide bonds. The van der Waals surface area contributed by atoms with Crippen LogP contribution in [0.15, 0.2) is 48.5 Å². The van der Waals surface area contributed by atoms with Crippen LogP contribution in [0.5, 0.6) is 0 Å². The molecule has 1 atom stereocenters. The molecule has 0 saturated carbocycles. The first-order valence-electron chi connectivity index (χ1n) is 8.50. The molecule has 0 bridgehead atoms. The van der Waals surface area contributed by atoms with Gasteiger partial charge in [0.1, 0.15) is 6.54 Å². The van der Waals surface area contributed by atoms with Crippen molar-refractivity contribution < 1.29 is 4.79 Å². The molecule has 7 heteroatoms. The highest BCUT2D eigenvalue weighted by Crippen LogP contribution is 2.26. The zero-order valence-corrected chi connectivity index (χ0v) is 15.4. The Balaban J connectivity index is 1.71. The number of rotatable bonds is 6. The van der Waals surface area contributed by atoms with Crippen molar-refractivity contribution in [3.63, 3.8) is 0 Å². The minimum atomic E-state index is -0.205. The van der Waals surface area contributed by atoms with E-state index in [4.69, 9.17) is 11.6 Å². The SMILES string of the molecule is CC[C@@H](C)c1ccccc1NC(=O)Cn1nnc(-c2ccccc2Cl)n1. The Bertz CT molecular complexity index is 908. The van der Waals surface area contributed by atoms with Crippen LogP contribution in [0.4, 0.5) is 5.69 Å². The van der Waals surface area contributed by atoms with Gasteiger partial charge in [-0.05, 0) is 41.3 Å². The minimum absolute atomic E-state index is 0.0215. The molecule has 1 aromatic heterocycles. The summed E-state index contributed by atoms with van der Waals surface area (Å²) in [5.41, 5.74) is 2.62. The van der Waals surface area contributed by atoms with Gasteiger partial charge >= 0.3 is 0 Å². The minimum Gasteiger partial charge on any atom is -0.324 e. The van der Waals surface area contributed by atoms with Gasteiger partial charge in [0, 0.05) is 11.3 Å². The largest absolute Gasteiger partial charge is 0.324 e. The molecule has 1 N–H and O–H groups in total. The van der Waals surface area contributed by atoms with Gasteiger partial charge in [-0.15, -0.1) is 10.2 Å². The van der Waals surface area contributed by atoms with E-state index in [2.05, 4.69) is 34.6 Å². The molecule has 0 unspecified atom stereocenters. The third kappa shape index (κ3) is 4.08. The van der Waals surface area contributed by atoms with Crippen LogP contribution >= 0.6 is 11.6 Å². The summed E-state index contributed by atoms with van der Waals surface area (Å²) in [4.78, 5) is 13.7. The lowest BCUT2D eigenvalue weighted by Gasteiger charge is -2.15. The van der Waals surface area contributed by atoms with Crippen LogP contribution in [0, 0.1) is 0 Å². The maximum Gasteiger partial charge on any atom is 0.248 e. The summed E-state index contributed by atoms with van der Waals surface area (Å²) >= 11 is 6.15. The van der Waals surface area contributed by atoms with Gasteiger partial charge in [0.15, 0.2) is 0 Å². The molecule has 0 aliphatic carbocycles. The Hall–Kier alpha value is -2.73. The average Bonchev–Trinajstić information content (AvgIpc) is 3.10. The summed E-state index contributed by atoms with van der Waals surface area (Å²) in [5, 5.41) is 15.7. The number of halogens is 1. The van der Waals surface area contributed by atoms with E-state index in [0.717, 1.165) is 17.7 Å². The predicted octanol–water partition coefficient (Wildman–Crippen LogP) is 4.15. The first kappa shape index (κ1) is 18.1. The third-order valence-corrected chi connectivity index (χ3v) is 4.56. The summed E-state index contributed by atoms with van der Waals surface area (Å²) in [6, 6.07) is 15.1. The van der Waals surface area contributed by atoms with Crippen LogP contribution in [0.1, 0.15) is 31.7 Å². The maximum absolute atomic E-state index is 12.4. The molecular formula is C19H20ClN5O. The van der Waals surface area contributed by atoms with Crippen LogP contribution in [0.2, 0.25) is 5.02 Å². The highest BCUT2D eigenvalue weighted by molar-refractivity contribution is 6.33. The van der Waals surface area contributed by atoms with Crippen molar-refractivity contribution in [2.75, 3.05) is 5.32 Å². The van der Waals surface area contributed by atoms with Crippen LogP contribution in [-0.4, -0.2) is 26.1 Å². The van der Waals surface area contributed by atoms with E-state index < -0.39 is 0 Å². The molecule has 0 radical (unpaired) electrons. The molecule has 0 spiro atoms. The zero-order valence-electron chi connectivity index (χ0n) is 14.7. The molecule has 1 heterocycles. The smallest absolute Gasteiger partial charge is 0.248 e. The van der Waals surface area contributed by atoms with Crippen molar-refractivity contribution >= 4 is 23.2 Å². The molecule has 0 aliphatic rings. The van der Waals surface area contributed by atoms with Gasteiger partial charge in [-0.2, -0.15) is 4.80 Å². The molecule has 3 rings (SSSR count). The zero-order chi connectivity index (χ0) is 18.5. The Kier molecular flexibility index (Phi) is 5.63. The summed E-state index contributed by atoms with van der Waals surface area (Å²) in [6.07, 6.45) is 0.999. The monoisotopic (exact) mass is 369 g/mol. The fraction of sp³-hybridized carbons (Fsp3) is 0.263. The number of nitrogens with one attached hydrogen (secondary N) is 1. The normalized spacial score (nSPS) is 12.0. The Morgan fingerprint density at radius 3 is 2.69 bits per heavy atom. The van der Waals surface area contributed by atoms with Gasteiger partial charge in [-0.3, -0.25) is 4.79 Å². The van der Waals surface area contributed by atoms with Crippen molar-refractivity contribution in [2.45, 2.75) is 32.7 Å². The van der Waals surface area contributed by atoms with Crippen molar-refractivity contribution in [1.29, 1.82) is 0 Å². The number of para-hydroxylation sites is 1. The van der Waals surface area contributed by atoms with Gasteiger partial charge in [0.25, 0.3) is 0 Å². The van der Waals surface area contributed by atoms with Gasteiger partial charge in [0.2, 0.25) is 11.7 Å². The standard InChI is InChI=1S/C19H20ClN5O/c1-3-13(2)14-8-5-7-11-17(14)21-18(26)12-25-23-19(22-24-25)15-9-4-6-10-16(15)20/h4-11,13H,3,12H2,1-2H3,(H,21,26)/t13-/m1/s1. The number of benzene rings is 2. The van der Waals surface area contributed by atoms with Crippen LogP contribution in [-0.2, 0) is 11.3 Å². The fourth-order valence-corrected chi connectivity index (χ4v) is 2.86. The molecule has 2 aromatic carbocycles. The van der Waals surface area contributed by atoms with E-state index in [1.807, 2.05) is 42.5 Å². The average molecular weight is 370 g/mol. The van der Waals surface area contributed by atoms with E-state index in [9.17, 15) is 4.79 Å². The quantitative estimate of drug-likeness (QED) is 0.708. The third-order valence-electron chi connectivity index (χ3n) is 4.23. The fourth-order valence-electron chi connectivity index (χ4n) is 2.64. The lowest BCUT2D eigenvalue weighted by atomic mass is 9.97. The highest BCUT2D eigenvalue weighted by Gasteiger charge is 2.14. The lowest BCUT2D eigenvalue weighted by Crippen LogP contribution is -2.21. The van der Waals surface area contributed by atoms with Crippen molar-refractivity contribution in [3.8, 4) is 11.4 Å². The molecule has 3 aromatic rings. The molecule has 0 fully saturated rings. The summed E-state index contributed by atoms with van der Waals surface area (Å²) in [7, 11) is 0. The van der Waals surface area contributed by atoms with Gasteiger partial charge in [0.05, 0.1) is 5.02 Å². The number of aromatic nitrogens is 4. The second-order valence-electron chi connectivity index (χ2n) is 6.07. The van der Waals surface area contributed by atoms with E-state index in [-0.39, 0.29) is 12.5 Å². The molecular weight excluding hydrogens is 350 g/mol. The second kappa shape index (κ2) is 8.10. The Labute approximate surface area is 157 Å². The van der Waals surface area contributed by atoms with Crippen molar-refractivity contribution in [1.82, 2.24) is 20.2 Å². The van der Waals surface area contributed by atoms with E-state index >= 15 is 0 Å². The number of amides is 1. The summed E-state index contributed by atoms with van der Waals surface area (Å²) in [6.45, 7) is 4.24. The first-order chi connectivity index (χ1) is 12.6. The van der Waals surface area contributed by atoms with Gasteiger partial charge in [-0.25, -0.2) is 0 Å². The summed E-state index contributed by atoms with van der Waals surface area (Å²) < 4.78 is 0. The molecule has 0 aliphatic heterocycles. The van der Waals surface area contributed by atoms with Crippen LogP contribution in [0.3, 0.4) is 0 Å². The number of anilines is 1. The Morgan fingerprint density at radius 1 is 1.19 bits per heavy atom. The van der Waals surface area contributed by atoms with Gasteiger partial charge in [-0.1, -0.05) is 55.8 Å². The van der Waals surface area contributed by atoms with E-state index in [1.165, 1.54) is 4.80 Å². The number of tetrazole rings is 1. The van der Waals surface area contributed by atoms with Crippen molar-refractivity contribution in [2.24, 2.45) is 0 Å². The van der Waals surface area contributed by atoms with E-state index in [1.54, 1.807) is 6.07 Å². The van der Waals surface area contributed by atoms with E-state index in [0.29, 0.717) is 22.3 Å². The van der Waals surface area contributed by atoms with Crippen molar-refractivity contribution in [3.05, 3.63) is 59.1 Å². The Morgan fingerprint density at radius 2 is 1.92 bits per heavy atom. The number of hydrogen-bond donors (Lipinski definition) is 1. The highest BCUT2D eigenvalue weighted by atomic mass is 35.5. The molecule has 6 nitrogen and oxygen atoms in total. The first-order valence-corrected chi connectivity index (χ1v) is 8.87. The van der Waals surface area contributed by atoms with Gasteiger partial charge < -0.3 is 5.32 Å². The number of nitrogens with zero attached hydrogens (tertiary/aromatic N) is 4. The number of carbonyl (C=O) groups is 1. The van der Waals surface area contributed by atoms with Crippen LogP contribution < -0.4 is 5.32 Å². The molecule has 26 heavy (non-hydrogen) atoms. The predicted molar refractivity (Wildman–Crippen MR) is 102 cm³/mol. The molecule has 0 saturated heterocycles. The number of hydrogen-bond acceptors (Lipinski definition) is 4. The second-order valence-corrected chi connectivity index (χ2v) is 6.48. The number of carbonyl (C=O) groups excluding carboxylic acids is 1. The molecule has 134 valence electrons.